The van der Waals surface area contributed by atoms with E-state index in [-0.39, 0.29) is 5.56 Å². The van der Waals surface area contributed by atoms with E-state index in [1.54, 1.807) is 0 Å². The van der Waals surface area contributed by atoms with Crippen molar-refractivity contribution in [2.75, 3.05) is 6.54 Å². The van der Waals surface area contributed by atoms with Crippen molar-refractivity contribution in [2.24, 2.45) is 5.73 Å². The van der Waals surface area contributed by atoms with E-state index in [1.165, 1.54) is 0 Å². The molecule has 0 aliphatic rings. The van der Waals surface area contributed by atoms with Gasteiger partial charge in [0.25, 0.3) is 11.5 Å². The normalized spacial score (nSPS) is 11.0. The monoisotopic (exact) mass is 442 g/mol. The molecule has 5 rings (SSSR count). The molecule has 0 unspecified atom stereocenters. The Morgan fingerprint density at radius 2 is 1.73 bits per heavy atom. The summed E-state index contributed by atoms with van der Waals surface area (Å²) in [6.07, 6.45) is 0.880. The molecule has 0 amide bonds. The number of carboxylic acids is 1. The number of benzene rings is 3. The first kappa shape index (κ1) is 22.2. The number of para-hydroxylation sites is 1. The van der Waals surface area contributed by atoms with Crippen LogP contribution >= 0.6 is 0 Å². The van der Waals surface area contributed by atoms with Gasteiger partial charge in [-0.05, 0) is 37.4 Å². The van der Waals surface area contributed by atoms with Gasteiger partial charge in [-0.2, -0.15) is 0 Å². The van der Waals surface area contributed by atoms with Crippen LogP contribution in [0.25, 0.3) is 44.0 Å². The third-order valence-corrected chi connectivity index (χ3v) is 5.64. The van der Waals surface area contributed by atoms with Crippen LogP contribution in [0.3, 0.4) is 0 Å². The molecule has 0 radical (unpaired) electrons. The highest BCUT2D eigenvalue weighted by atomic mass is 16.4. The molecule has 0 saturated carbocycles. The number of hydrogen-bond donors (Lipinski definition) is 3. The van der Waals surface area contributed by atoms with Gasteiger partial charge in [-0.3, -0.25) is 9.59 Å². The van der Waals surface area contributed by atoms with Gasteiger partial charge in [-0.15, -0.1) is 0 Å². The van der Waals surface area contributed by atoms with E-state index in [1.807, 2.05) is 42.5 Å². The maximum atomic E-state index is 13.0. The number of H-pyrrole nitrogens is 1. The van der Waals surface area contributed by atoms with E-state index < -0.39 is 5.97 Å². The molecule has 0 aliphatic carbocycles. The first-order chi connectivity index (χ1) is 15.9. The minimum absolute atomic E-state index is 0.169. The highest BCUT2D eigenvalue weighted by Gasteiger charge is 2.19. The van der Waals surface area contributed by atoms with E-state index in [2.05, 4.69) is 34.7 Å². The van der Waals surface area contributed by atoms with Crippen LogP contribution in [0.15, 0.2) is 65.5 Å². The molecule has 0 aliphatic heterocycles. The number of aromatic amines is 1. The maximum Gasteiger partial charge on any atom is 0.300 e. The fourth-order valence-electron chi connectivity index (χ4n) is 4.26. The first-order valence-electron chi connectivity index (χ1n) is 10.8. The number of rotatable bonds is 4. The summed E-state index contributed by atoms with van der Waals surface area (Å²) >= 11 is 0. The fraction of sp³-hybridized carbons (Fsp3) is 0.192. The van der Waals surface area contributed by atoms with Gasteiger partial charge in [-0.25, -0.2) is 4.98 Å². The van der Waals surface area contributed by atoms with E-state index in [4.69, 9.17) is 20.6 Å². The molecule has 0 spiro atoms. The van der Waals surface area contributed by atoms with E-state index in [9.17, 15) is 4.79 Å². The summed E-state index contributed by atoms with van der Waals surface area (Å²) in [5.41, 5.74) is 10.7. The molecule has 33 heavy (non-hydrogen) atoms. The van der Waals surface area contributed by atoms with Gasteiger partial charge in [0.2, 0.25) is 0 Å². The first-order valence-corrected chi connectivity index (χ1v) is 10.8. The zero-order chi connectivity index (χ0) is 23.5. The summed E-state index contributed by atoms with van der Waals surface area (Å²) in [5, 5.41) is 10.6. The summed E-state index contributed by atoms with van der Waals surface area (Å²) in [6.45, 7) is 4.58. The number of hydrogen-bond acceptors (Lipinski definition) is 4. The van der Waals surface area contributed by atoms with Gasteiger partial charge >= 0.3 is 0 Å². The highest BCUT2D eigenvalue weighted by Crippen LogP contribution is 2.33. The molecule has 168 valence electrons. The number of aryl methyl sites for hydroxylation is 1. The van der Waals surface area contributed by atoms with Crippen LogP contribution in [-0.4, -0.2) is 32.2 Å². The molecule has 4 N–H and O–H groups in total. The van der Waals surface area contributed by atoms with Crippen molar-refractivity contribution in [1.29, 1.82) is 0 Å². The smallest absolute Gasteiger partial charge is 0.300 e. The second-order valence-electron chi connectivity index (χ2n) is 7.89. The van der Waals surface area contributed by atoms with Gasteiger partial charge < -0.3 is 20.4 Å². The SMILES string of the molecule is CC(=O)O.Cc1c(-c2nc3c(ccc4ccccc43)[nH]c2=O)c2ccccc2n1CCCN. The van der Waals surface area contributed by atoms with Crippen molar-refractivity contribution in [3.8, 4) is 11.3 Å². The van der Waals surface area contributed by atoms with Crippen molar-refractivity contribution < 1.29 is 9.90 Å². The van der Waals surface area contributed by atoms with E-state index >= 15 is 0 Å². The van der Waals surface area contributed by atoms with Gasteiger partial charge in [0.1, 0.15) is 5.69 Å². The summed E-state index contributed by atoms with van der Waals surface area (Å²) in [5.74, 6) is -0.833. The predicted octanol–water partition coefficient (Wildman–Crippen LogP) is 4.45. The molecule has 7 heteroatoms. The van der Waals surface area contributed by atoms with E-state index in [0.717, 1.165) is 63.9 Å². The number of nitrogens with zero attached hydrogens (tertiary/aromatic N) is 2. The topological polar surface area (TPSA) is 114 Å². The molecular weight excluding hydrogens is 416 g/mol. The second-order valence-corrected chi connectivity index (χ2v) is 7.89. The Kier molecular flexibility index (Phi) is 6.24. The van der Waals surface area contributed by atoms with Gasteiger partial charge in [0.05, 0.1) is 11.0 Å². The Morgan fingerprint density at radius 1 is 1.06 bits per heavy atom. The quantitative estimate of drug-likeness (QED) is 0.356. The summed E-state index contributed by atoms with van der Waals surface area (Å²) < 4.78 is 2.24. The molecule has 0 atom stereocenters. The van der Waals surface area contributed by atoms with Crippen molar-refractivity contribution in [3.05, 3.63) is 76.7 Å². The average Bonchev–Trinajstić information content (AvgIpc) is 3.07. The number of carboxylic acid groups (broad SMARTS) is 1. The standard InChI is InChI=1S/C24H22N4O.C2H4O2/c1-15-21(18-9-4-5-10-20(18)28(15)14-6-13-25)23-24(29)26-19-12-11-16-7-2-3-8-17(16)22(19)27-23;1-2(3)4/h2-5,7-12H,6,13-14,25H2,1H3,(H,26,29);1H3,(H,3,4). The van der Waals surface area contributed by atoms with Crippen molar-refractivity contribution in [3.63, 3.8) is 0 Å². The third-order valence-electron chi connectivity index (χ3n) is 5.64. The number of nitrogens with one attached hydrogen (secondary N) is 1. The Hall–Kier alpha value is -3.97. The van der Waals surface area contributed by atoms with Gasteiger partial charge in [0.15, 0.2) is 0 Å². The third kappa shape index (κ3) is 4.23. The zero-order valence-corrected chi connectivity index (χ0v) is 18.6. The van der Waals surface area contributed by atoms with Crippen LogP contribution in [0.1, 0.15) is 19.0 Å². The lowest BCUT2D eigenvalue weighted by Gasteiger charge is -2.08. The Morgan fingerprint density at radius 3 is 2.45 bits per heavy atom. The second kappa shape index (κ2) is 9.26. The number of carbonyl (C=O) groups is 1. The molecule has 7 nitrogen and oxygen atoms in total. The molecule has 2 heterocycles. The Bertz CT molecular complexity index is 1530. The summed E-state index contributed by atoms with van der Waals surface area (Å²) in [7, 11) is 0. The number of aromatic nitrogens is 3. The number of nitrogens with two attached hydrogens (primary N) is 1. The van der Waals surface area contributed by atoms with Crippen LogP contribution < -0.4 is 11.3 Å². The molecule has 0 saturated heterocycles. The van der Waals surface area contributed by atoms with Gasteiger partial charge in [-0.1, -0.05) is 48.5 Å². The maximum absolute atomic E-state index is 13.0. The van der Waals surface area contributed by atoms with E-state index in [0.29, 0.717) is 12.2 Å². The molecular formula is C26H26N4O3. The van der Waals surface area contributed by atoms with Crippen LogP contribution in [0.5, 0.6) is 0 Å². The molecule has 0 bridgehead atoms. The average molecular weight is 443 g/mol. The van der Waals surface area contributed by atoms with Crippen LogP contribution in [0.4, 0.5) is 0 Å². The Labute approximate surface area is 190 Å². The van der Waals surface area contributed by atoms with Crippen molar-refractivity contribution in [1.82, 2.24) is 14.5 Å². The van der Waals surface area contributed by atoms with Crippen molar-refractivity contribution >= 4 is 38.7 Å². The lowest BCUT2D eigenvalue weighted by Crippen LogP contribution is -2.12. The molecule has 5 aromatic rings. The van der Waals surface area contributed by atoms with Crippen LogP contribution in [0.2, 0.25) is 0 Å². The fourth-order valence-corrected chi connectivity index (χ4v) is 4.26. The number of aliphatic carboxylic acids is 1. The number of fused-ring (bicyclic) bond motifs is 4. The Balaban J connectivity index is 0.000000601. The molecule has 3 aromatic carbocycles. The van der Waals surface area contributed by atoms with Crippen molar-refractivity contribution in [2.45, 2.75) is 26.8 Å². The summed E-state index contributed by atoms with van der Waals surface area (Å²) in [6, 6.07) is 20.2. The molecule has 2 aromatic heterocycles. The minimum Gasteiger partial charge on any atom is -0.481 e. The van der Waals surface area contributed by atoms with Gasteiger partial charge in [0, 0.05) is 41.0 Å². The molecule has 0 fully saturated rings. The summed E-state index contributed by atoms with van der Waals surface area (Å²) in [4.78, 5) is 30.0. The minimum atomic E-state index is -0.833. The lowest BCUT2D eigenvalue weighted by molar-refractivity contribution is -0.134. The highest BCUT2D eigenvalue weighted by molar-refractivity contribution is 6.05. The predicted molar refractivity (Wildman–Crippen MR) is 133 cm³/mol. The van der Waals surface area contributed by atoms with Crippen LogP contribution in [0, 0.1) is 6.92 Å². The zero-order valence-electron chi connectivity index (χ0n) is 18.6. The lowest BCUT2D eigenvalue weighted by atomic mass is 10.1. The largest absolute Gasteiger partial charge is 0.481 e. The van der Waals surface area contributed by atoms with Crippen LogP contribution in [-0.2, 0) is 11.3 Å².